The van der Waals surface area contributed by atoms with E-state index in [-0.39, 0.29) is 0 Å². The fourth-order valence-corrected chi connectivity index (χ4v) is 5.81. The van der Waals surface area contributed by atoms with E-state index in [1.54, 1.807) is 64.1 Å². The third kappa shape index (κ3) is 6.86. The summed E-state index contributed by atoms with van der Waals surface area (Å²) in [5.74, 6) is 0. The van der Waals surface area contributed by atoms with Crippen molar-refractivity contribution >= 4 is 51.8 Å². The molecule has 0 aliphatic rings. The minimum Gasteiger partial charge on any atom is -0.443 e. The molecule has 10 heteroatoms. The molecule has 0 aliphatic carbocycles. The van der Waals surface area contributed by atoms with Gasteiger partial charge in [0.2, 0.25) is 0 Å². The van der Waals surface area contributed by atoms with Crippen molar-refractivity contribution in [2.24, 2.45) is 0 Å². The number of aryl methyl sites for hydroxylation is 1. The summed E-state index contributed by atoms with van der Waals surface area (Å²) < 4.78 is 7.38. The zero-order valence-electron chi connectivity index (χ0n) is 24.0. The lowest BCUT2D eigenvalue weighted by Gasteiger charge is -2.20. The van der Waals surface area contributed by atoms with E-state index in [1.165, 1.54) is 16.3 Å². The Morgan fingerprint density at radius 3 is 1.81 bits per heavy atom. The van der Waals surface area contributed by atoms with E-state index in [9.17, 15) is 15.3 Å². The first-order chi connectivity index (χ1) is 19.9. The maximum absolute atomic E-state index is 12.5. The van der Waals surface area contributed by atoms with Gasteiger partial charge in [0.15, 0.2) is 11.4 Å². The molecule has 2 aromatic heterocycles. The Hall–Kier alpha value is -4.49. The number of benzene rings is 2. The maximum Gasteiger partial charge on any atom is 0.419 e. The molecular formula is C32H27IN6O2S. The molecule has 8 nitrogen and oxygen atoms in total. The molecule has 0 radical (unpaired) electrons. The second kappa shape index (κ2) is 13.4. The molecule has 0 unspecified atom stereocenters. The minimum absolute atomic E-state index is 0.425. The largest absolute Gasteiger partial charge is 0.443 e. The van der Waals surface area contributed by atoms with E-state index in [0.717, 1.165) is 27.4 Å². The average Bonchev–Trinajstić information content (AvgIpc) is 3.43. The van der Waals surface area contributed by atoms with Crippen molar-refractivity contribution in [2.45, 2.75) is 45.2 Å². The highest BCUT2D eigenvalue weighted by atomic mass is 127. The number of aromatic amines is 1. The SMILES string of the molecule is [C-]#[N+]c1ccc(-c2c(C#N)c(I)n(C(=O)OC(C)(C)C)c2C)cc1.[C-]#[N+]c1ccc(-c2c(C)[nH]c(SC)c2C#N)cc1. The molecule has 210 valence electrons. The van der Waals surface area contributed by atoms with E-state index in [4.69, 9.17) is 17.9 Å². The van der Waals surface area contributed by atoms with Crippen molar-refractivity contribution in [2.75, 3.05) is 6.26 Å². The van der Waals surface area contributed by atoms with Crippen molar-refractivity contribution in [3.63, 3.8) is 0 Å². The van der Waals surface area contributed by atoms with Gasteiger partial charge in [-0.25, -0.2) is 19.1 Å². The normalized spacial score (nSPS) is 10.4. The van der Waals surface area contributed by atoms with Gasteiger partial charge in [-0.1, -0.05) is 48.5 Å². The van der Waals surface area contributed by atoms with Crippen molar-refractivity contribution in [1.29, 1.82) is 10.5 Å². The van der Waals surface area contributed by atoms with Crippen LogP contribution in [-0.2, 0) is 4.74 Å². The van der Waals surface area contributed by atoms with Gasteiger partial charge in [-0.2, -0.15) is 10.5 Å². The molecular weight excluding hydrogens is 659 g/mol. The number of hydrogen-bond donors (Lipinski definition) is 1. The number of hydrogen-bond acceptors (Lipinski definition) is 5. The van der Waals surface area contributed by atoms with E-state index < -0.39 is 11.7 Å². The van der Waals surface area contributed by atoms with Gasteiger partial charge in [-0.3, -0.25) is 0 Å². The quantitative estimate of drug-likeness (QED) is 0.131. The highest BCUT2D eigenvalue weighted by Gasteiger charge is 2.27. The Morgan fingerprint density at radius 2 is 1.40 bits per heavy atom. The van der Waals surface area contributed by atoms with Crippen LogP contribution < -0.4 is 0 Å². The van der Waals surface area contributed by atoms with Crippen LogP contribution >= 0.6 is 34.4 Å². The highest BCUT2D eigenvalue weighted by molar-refractivity contribution is 14.1. The van der Waals surface area contributed by atoms with Crippen LogP contribution in [0, 0.1) is 53.4 Å². The number of nitrogens with one attached hydrogen (secondary N) is 1. The summed E-state index contributed by atoms with van der Waals surface area (Å²) in [5.41, 5.74) is 6.59. The molecule has 4 aromatic rings. The van der Waals surface area contributed by atoms with Gasteiger partial charge < -0.3 is 9.72 Å². The Kier molecular flexibility index (Phi) is 10.3. The topological polar surface area (TPSA) is 103 Å². The van der Waals surface area contributed by atoms with Crippen LogP contribution in [0.3, 0.4) is 0 Å². The number of halogens is 1. The second-order valence-corrected chi connectivity index (χ2v) is 11.9. The molecule has 0 fully saturated rings. The van der Waals surface area contributed by atoms with E-state index in [0.29, 0.717) is 37.5 Å². The van der Waals surface area contributed by atoms with Crippen LogP contribution in [0.5, 0.6) is 0 Å². The molecule has 1 N–H and O–H groups in total. The first-order valence-corrected chi connectivity index (χ1v) is 14.9. The first-order valence-electron chi connectivity index (χ1n) is 12.6. The standard InChI is InChI=1S/C18H16IN3O2.C14H11N3S/c1-11-15(12-6-8-13(21-5)9-7-12)14(10-20)16(19)22(11)17(23)24-18(2,3)4;1-9-13(12(8-15)14(17-9)18-3)10-4-6-11(16-2)7-5-10/h6-9H,1-4H3;4-7,17H,1,3H3. The van der Waals surface area contributed by atoms with Crippen LogP contribution in [0.15, 0.2) is 53.6 Å². The molecule has 2 aromatic carbocycles. The highest BCUT2D eigenvalue weighted by Crippen LogP contribution is 2.35. The van der Waals surface area contributed by atoms with E-state index in [1.807, 2.05) is 47.9 Å². The molecule has 4 rings (SSSR count). The van der Waals surface area contributed by atoms with Crippen LogP contribution in [0.25, 0.3) is 31.9 Å². The number of rotatable bonds is 3. The Bertz CT molecular complexity index is 1800. The lowest BCUT2D eigenvalue weighted by Crippen LogP contribution is -2.28. The third-order valence-electron chi connectivity index (χ3n) is 6.08. The van der Waals surface area contributed by atoms with Gasteiger partial charge in [0.1, 0.15) is 21.4 Å². The molecule has 0 aliphatic heterocycles. The Morgan fingerprint density at radius 1 is 0.929 bits per heavy atom. The van der Waals surface area contributed by atoms with Crippen LogP contribution in [0.4, 0.5) is 16.2 Å². The Balaban J connectivity index is 0.000000240. The van der Waals surface area contributed by atoms with Gasteiger partial charge >= 0.3 is 6.09 Å². The van der Waals surface area contributed by atoms with Crippen LogP contribution in [0.2, 0.25) is 0 Å². The summed E-state index contributed by atoms with van der Waals surface area (Å²) in [6, 6.07) is 18.7. The zero-order valence-corrected chi connectivity index (χ0v) is 26.9. The smallest absolute Gasteiger partial charge is 0.419 e. The van der Waals surface area contributed by atoms with E-state index in [2.05, 4.69) is 26.8 Å². The monoisotopic (exact) mass is 686 g/mol. The number of H-pyrrole nitrogens is 1. The summed E-state index contributed by atoms with van der Waals surface area (Å²) in [6.45, 7) is 23.1. The molecule has 0 atom stereocenters. The summed E-state index contributed by atoms with van der Waals surface area (Å²) in [7, 11) is 0. The molecule has 0 spiro atoms. The lowest BCUT2D eigenvalue weighted by molar-refractivity contribution is 0.0530. The predicted molar refractivity (Wildman–Crippen MR) is 174 cm³/mol. The van der Waals surface area contributed by atoms with Gasteiger partial charge in [0, 0.05) is 22.5 Å². The first kappa shape index (κ1) is 32.0. The van der Waals surface area contributed by atoms with Crippen molar-refractivity contribution < 1.29 is 9.53 Å². The van der Waals surface area contributed by atoms with Gasteiger partial charge in [0.05, 0.1) is 29.3 Å². The predicted octanol–water partition coefficient (Wildman–Crippen LogP) is 9.41. The summed E-state index contributed by atoms with van der Waals surface area (Å²) in [6.07, 6.45) is 1.43. The molecule has 0 saturated heterocycles. The van der Waals surface area contributed by atoms with Crippen LogP contribution in [0.1, 0.15) is 43.3 Å². The molecule has 0 amide bonds. The Labute approximate surface area is 263 Å². The molecule has 0 saturated carbocycles. The number of aromatic nitrogens is 2. The van der Waals surface area contributed by atoms with Gasteiger partial charge in [-0.15, -0.1) is 11.8 Å². The fraction of sp³-hybridized carbons (Fsp3) is 0.219. The number of nitrogens with zero attached hydrogens (tertiary/aromatic N) is 5. The summed E-state index contributed by atoms with van der Waals surface area (Å²) >= 11 is 3.52. The number of carbonyl (C=O) groups excluding carboxylic acids is 1. The fourth-order valence-electron chi connectivity index (χ4n) is 4.26. The van der Waals surface area contributed by atoms with Gasteiger partial charge in [-0.05, 0) is 74.6 Å². The minimum atomic E-state index is -0.624. The van der Waals surface area contributed by atoms with Crippen molar-refractivity contribution in [3.05, 3.63) is 97.6 Å². The number of ether oxygens (including phenoxy) is 1. The van der Waals surface area contributed by atoms with Crippen molar-refractivity contribution in [3.8, 4) is 34.4 Å². The number of carbonyl (C=O) groups is 1. The average molecular weight is 687 g/mol. The number of thioether (sulfide) groups is 1. The van der Waals surface area contributed by atoms with Crippen molar-refractivity contribution in [1.82, 2.24) is 9.55 Å². The lowest BCUT2D eigenvalue weighted by atomic mass is 10.0. The van der Waals surface area contributed by atoms with Gasteiger partial charge in [0.25, 0.3) is 0 Å². The summed E-state index contributed by atoms with van der Waals surface area (Å²) in [4.78, 5) is 22.5. The third-order valence-corrected chi connectivity index (χ3v) is 7.81. The maximum atomic E-state index is 12.5. The van der Waals surface area contributed by atoms with Crippen LogP contribution in [-0.4, -0.2) is 27.5 Å². The molecule has 42 heavy (non-hydrogen) atoms. The molecule has 0 bridgehead atoms. The zero-order chi connectivity index (χ0) is 31.2. The summed E-state index contributed by atoms with van der Waals surface area (Å²) in [5, 5.41) is 19.7. The number of nitriles is 2. The molecule has 2 heterocycles. The van der Waals surface area contributed by atoms with E-state index >= 15 is 0 Å². The second-order valence-electron chi connectivity index (χ2n) is 10.0.